The van der Waals surface area contributed by atoms with Gasteiger partial charge < -0.3 is 0 Å². The lowest BCUT2D eigenvalue weighted by Crippen LogP contribution is -2.15. The van der Waals surface area contributed by atoms with Gasteiger partial charge in [0.1, 0.15) is 5.88 Å². The molecule has 1 N–H and O–H groups in total. The minimum atomic E-state index is -0.304. The SMILES string of the molecule is Cn1nc(-c2ccccc2)nc1NC(=O)CCl. The standard InChI is InChI=1S/C11H11ClN4O/c1-16-11(13-9(17)7-12)14-10(15-16)8-5-3-2-4-6-8/h2-6H,7H2,1H3,(H,13,14,15,17). The van der Waals surface area contributed by atoms with E-state index in [1.807, 2.05) is 30.3 Å². The molecule has 0 spiro atoms. The summed E-state index contributed by atoms with van der Waals surface area (Å²) in [4.78, 5) is 15.4. The van der Waals surface area contributed by atoms with Crippen LogP contribution < -0.4 is 5.32 Å². The average molecular weight is 251 g/mol. The van der Waals surface area contributed by atoms with Crippen LogP contribution in [-0.2, 0) is 11.8 Å². The monoisotopic (exact) mass is 250 g/mol. The first kappa shape index (κ1) is 11.6. The molecular formula is C11H11ClN4O. The minimum Gasteiger partial charge on any atom is -0.294 e. The van der Waals surface area contributed by atoms with Crippen LogP contribution >= 0.6 is 11.6 Å². The van der Waals surface area contributed by atoms with Gasteiger partial charge in [0.05, 0.1) is 0 Å². The summed E-state index contributed by atoms with van der Waals surface area (Å²) >= 11 is 5.41. The van der Waals surface area contributed by atoms with Crippen molar-refractivity contribution in [3.63, 3.8) is 0 Å². The average Bonchev–Trinajstić information content (AvgIpc) is 2.72. The highest BCUT2D eigenvalue weighted by molar-refractivity contribution is 6.28. The third kappa shape index (κ3) is 2.62. The van der Waals surface area contributed by atoms with Crippen molar-refractivity contribution in [2.75, 3.05) is 11.2 Å². The second-order valence-corrected chi connectivity index (χ2v) is 3.70. The van der Waals surface area contributed by atoms with E-state index in [4.69, 9.17) is 11.6 Å². The lowest BCUT2D eigenvalue weighted by atomic mass is 10.2. The molecule has 1 aromatic heterocycles. The maximum absolute atomic E-state index is 11.2. The van der Waals surface area contributed by atoms with Crippen molar-refractivity contribution in [3.05, 3.63) is 30.3 Å². The summed E-state index contributed by atoms with van der Waals surface area (Å²) in [6, 6.07) is 9.54. The van der Waals surface area contributed by atoms with Crippen molar-refractivity contribution in [1.82, 2.24) is 14.8 Å². The van der Waals surface area contributed by atoms with E-state index in [0.29, 0.717) is 11.8 Å². The topological polar surface area (TPSA) is 59.8 Å². The van der Waals surface area contributed by atoms with Crippen LogP contribution in [0.25, 0.3) is 11.4 Å². The number of hydrogen-bond donors (Lipinski definition) is 1. The van der Waals surface area contributed by atoms with Crippen molar-refractivity contribution in [3.8, 4) is 11.4 Å². The molecule has 0 radical (unpaired) electrons. The molecule has 0 aliphatic carbocycles. The van der Waals surface area contributed by atoms with Gasteiger partial charge in [-0.25, -0.2) is 4.68 Å². The predicted molar refractivity (Wildman–Crippen MR) is 65.8 cm³/mol. The number of carbonyl (C=O) groups is 1. The second kappa shape index (κ2) is 4.97. The zero-order chi connectivity index (χ0) is 12.3. The van der Waals surface area contributed by atoms with Crippen LogP contribution in [0.5, 0.6) is 0 Å². The number of amides is 1. The van der Waals surface area contributed by atoms with Gasteiger partial charge in [-0.1, -0.05) is 30.3 Å². The Balaban J connectivity index is 2.28. The number of hydrogen-bond acceptors (Lipinski definition) is 3. The van der Waals surface area contributed by atoms with Crippen LogP contribution in [-0.4, -0.2) is 26.6 Å². The Morgan fingerprint density at radius 2 is 2.12 bits per heavy atom. The number of halogens is 1. The van der Waals surface area contributed by atoms with Crippen LogP contribution in [0.1, 0.15) is 0 Å². The smallest absolute Gasteiger partial charge is 0.241 e. The van der Waals surface area contributed by atoms with Gasteiger partial charge in [0.2, 0.25) is 11.9 Å². The molecule has 17 heavy (non-hydrogen) atoms. The van der Waals surface area contributed by atoms with Crippen LogP contribution in [0.2, 0.25) is 0 Å². The quantitative estimate of drug-likeness (QED) is 0.843. The molecule has 1 amide bonds. The molecule has 0 aliphatic heterocycles. The van der Waals surface area contributed by atoms with Gasteiger partial charge in [-0.15, -0.1) is 16.7 Å². The van der Waals surface area contributed by atoms with Gasteiger partial charge in [-0.3, -0.25) is 10.1 Å². The normalized spacial score (nSPS) is 10.2. The Kier molecular flexibility index (Phi) is 3.39. The summed E-state index contributed by atoms with van der Waals surface area (Å²) in [5.41, 5.74) is 0.898. The maximum atomic E-state index is 11.2. The molecule has 1 aromatic carbocycles. The molecule has 6 heteroatoms. The van der Waals surface area contributed by atoms with Gasteiger partial charge in [0.15, 0.2) is 5.82 Å². The fourth-order valence-corrected chi connectivity index (χ4v) is 1.43. The molecule has 1 heterocycles. The van der Waals surface area contributed by atoms with E-state index in [1.165, 1.54) is 4.68 Å². The summed E-state index contributed by atoms with van der Waals surface area (Å²) in [6.07, 6.45) is 0. The van der Waals surface area contributed by atoms with Crippen molar-refractivity contribution in [1.29, 1.82) is 0 Å². The molecule has 0 fully saturated rings. The Morgan fingerprint density at radius 3 is 2.76 bits per heavy atom. The number of benzene rings is 1. The second-order valence-electron chi connectivity index (χ2n) is 3.43. The molecule has 0 saturated carbocycles. The number of aryl methyl sites for hydroxylation is 1. The fraction of sp³-hybridized carbons (Fsp3) is 0.182. The number of carbonyl (C=O) groups excluding carboxylic acids is 1. The zero-order valence-electron chi connectivity index (χ0n) is 9.22. The van der Waals surface area contributed by atoms with Crippen molar-refractivity contribution in [2.24, 2.45) is 7.05 Å². The fourth-order valence-electron chi connectivity index (χ4n) is 1.36. The molecule has 0 atom stereocenters. The van der Waals surface area contributed by atoms with Crippen LogP contribution in [0.4, 0.5) is 5.95 Å². The molecule has 0 saturated heterocycles. The van der Waals surface area contributed by atoms with E-state index in [9.17, 15) is 4.79 Å². The van der Waals surface area contributed by atoms with Gasteiger partial charge >= 0.3 is 0 Å². The van der Waals surface area contributed by atoms with E-state index >= 15 is 0 Å². The summed E-state index contributed by atoms with van der Waals surface area (Å²) in [5, 5.41) is 6.78. The van der Waals surface area contributed by atoms with Gasteiger partial charge in [-0.05, 0) is 0 Å². The summed E-state index contributed by atoms with van der Waals surface area (Å²) in [5.74, 6) is 0.544. The molecule has 0 unspecified atom stereocenters. The lowest BCUT2D eigenvalue weighted by molar-refractivity contribution is -0.114. The van der Waals surface area contributed by atoms with E-state index < -0.39 is 0 Å². The minimum absolute atomic E-state index is 0.104. The largest absolute Gasteiger partial charge is 0.294 e. The van der Waals surface area contributed by atoms with Crippen LogP contribution in [0.15, 0.2) is 30.3 Å². The lowest BCUT2D eigenvalue weighted by Gasteiger charge is -1.98. The Morgan fingerprint density at radius 1 is 1.41 bits per heavy atom. The highest BCUT2D eigenvalue weighted by atomic mass is 35.5. The van der Waals surface area contributed by atoms with Crippen molar-refractivity contribution >= 4 is 23.5 Å². The molecule has 0 bridgehead atoms. The number of rotatable bonds is 3. The van der Waals surface area contributed by atoms with Gasteiger partial charge in [-0.2, -0.15) is 4.98 Å². The number of anilines is 1. The summed E-state index contributed by atoms with van der Waals surface area (Å²) in [7, 11) is 1.71. The van der Waals surface area contributed by atoms with Gasteiger partial charge in [0.25, 0.3) is 0 Å². The highest BCUT2D eigenvalue weighted by Gasteiger charge is 2.10. The highest BCUT2D eigenvalue weighted by Crippen LogP contribution is 2.16. The van der Waals surface area contributed by atoms with E-state index in [0.717, 1.165) is 5.56 Å². The third-order valence-electron chi connectivity index (χ3n) is 2.17. The van der Waals surface area contributed by atoms with E-state index in [1.54, 1.807) is 7.05 Å². The van der Waals surface area contributed by atoms with Crippen molar-refractivity contribution in [2.45, 2.75) is 0 Å². The Hall–Kier alpha value is -1.88. The van der Waals surface area contributed by atoms with Crippen LogP contribution in [0.3, 0.4) is 0 Å². The third-order valence-corrected chi connectivity index (χ3v) is 2.41. The molecule has 88 valence electrons. The van der Waals surface area contributed by atoms with E-state index in [2.05, 4.69) is 15.4 Å². The predicted octanol–water partition coefficient (Wildman–Crippen LogP) is 1.66. The van der Waals surface area contributed by atoms with Crippen molar-refractivity contribution < 1.29 is 4.79 Å². The van der Waals surface area contributed by atoms with Gasteiger partial charge in [0, 0.05) is 12.6 Å². The molecular weight excluding hydrogens is 240 g/mol. The molecule has 5 nitrogen and oxygen atoms in total. The van der Waals surface area contributed by atoms with Crippen LogP contribution in [0, 0.1) is 0 Å². The number of aromatic nitrogens is 3. The Labute approximate surface area is 103 Å². The first-order valence-electron chi connectivity index (χ1n) is 5.03. The first-order chi connectivity index (χ1) is 8.20. The first-order valence-corrected chi connectivity index (χ1v) is 5.56. The number of nitrogens with one attached hydrogen (secondary N) is 1. The molecule has 2 aromatic rings. The summed E-state index contributed by atoms with van der Waals surface area (Å²) < 4.78 is 1.51. The maximum Gasteiger partial charge on any atom is 0.241 e. The summed E-state index contributed by atoms with van der Waals surface area (Å²) in [6.45, 7) is 0. The molecule has 2 rings (SSSR count). The number of alkyl halides is 1. The molecule has 0 aliphatic rings. The number of nitrogens with zero attached hydrogens (tertiary/aromatic N) is 3. The van der Waals surface area contributed by atoms with E-state index in [-0.39, 0.29) is 11.8 Å². The zero-order valence-corrected chi connectivity index (χ0v) is 9.98. The Bertz CT molecular complexity index is 524.